The first-order valence-corrected chi connectivity index (χ1v) is 7.13. The number of aromatic amines is 2. The van der Waals surface area contributed by atoms with Crippen molar-refractivity contribution in [1.82, 2.24) is 25.1 Å². The van der Waals surface area contributed by atoms with E-state index in [9.17, 15) is 22.8 Å². The Bertz CT molecular complexity index is 760. The van der Waals surface area contributed by atoms with E-state index in [1.165, 1.54) is 12.3 Å². The van der Waals surface area contributed by atoms with Crippen molar-refractivity contribution in [1.29, 1.82) is 0 Å². The maximum atomic E-state index is 12.4. The van der Waals surface area contributed by atoms with Crippen molar-refractivity contribution in [3.8, 4) is 0 Å². The van der Waals surface area contributed by atoms with Crippen LogP contribution >= 0.6 is 0 Å². The van der Waals surface area contributed by atoms with Gasteiger partial charge in [-0.3, -0.25) is 20.0 Å². The van der Waals surface area contributed by atoms with Crippen molar-refractivity contribution < 1.29 is 22.8 Å². The normalized spacial score (nSPS) is 14.9. The monoisotopic (exact) mass is 342 g/mol. The van der Waals surface area contributed by atoms with Gasteiger partial charge in [0.1, 0.15) is 5.69 Å². The highest BCUT2D eigenvalue weighted by Gasteiger charge is 2.35. The number of nitrogens with zero attached hydrogens (tertiary/aromatic N) is 3. The van der Waals surface area contributed by atoms with Gasteiger partial charge in [0.15, 0.2) is 0 Å². The third-order valence-corrected chi connectivity index (χ3v) is 3.55. The molecule has 2 aromatic rings. The van der Waals surface area contributed by atoms with Gasteiger partial charge in [-0.1, -0.05) is 0 Å². The first-order valence-electron chi connectivity index (χ1n) is 7.13. The van der Waals surface area contributed by atoms with Crippen LogP contribution in [0.25, 0.3) is 0 Å². The van der Waals surface area contributed by atoms with Crippen LogP contribution in [0.2, 0.25) is 0 Å². The largest absolute Gasteiger partial charge is 0.451 e. The van der Waals surface area contributed by atoms with Crippen LogP contribution in [0.4, 0.5) is 19.1 Å². The molecule has 0 saturated carbocycles. The Balaban J connectivity index is 1.67. The summed E-state index contributed by atoms with van der Waals surface area (Å²) < 4.78 is 37.2. The second kappa shape index (κ2) is 5.98. The number of H-pyrrole nitrogens is 2. The van der Waals surface area contributed by atoms with E-state index in [1.54, 1.807) is 10.00 Å². The zero-order chi connectivity index (χ0) is 17.3. The number of likely N-dealkylation sites (tertiary alicyclic amines) is 1. The molecule has 11 heteroatoms. The molecule has 3 rings (SSSR count). The van der Waals surface area contributed by atoms with Crippen molar-refractivity contribution in [3.05, 3.63) is 29.3 Å². The summed E-state index contributed by atoms with van der Waals surface area (Å²) in [5.41, 5.74) is 0.337. The molecule has 2 aromatic heterocycles. The lowest BCUT2D eigenvalue weighted by atomic mass is 10.3. The molecule has 0 aromatic carbocycles. The third-order valence-electron chi connectivity index (χ3n) is 3.55. The molecular weight excluding hydrogens is 329 g/mol. The summed E-state index contributed by atoms with van der Waals surface area (Å²) in [6, 6.07) is 1.34. The highest BCUT2D eigenvalue weighted by Crippen LogP contribution is 2.26. The number of nitrogens with one attached hydrogen (secondary N) is 3. The minimum atomic E-state index is -4.68. The number of amides is 2. The van der Waals surface area contributed by atoms with E-state index in [1.807, 2.05) is 0 Å². The van der Waals surface area contributed by atoms with Gasteiger partial charge in [-0.15, -0.1) is 5.10 Å². The van der Waals surface area contributed by atoms with Gasteiger partial charge in [0.25, 0.3) is 11.8 Å². The molecule has 3 heterocycles. The Labute approximate surface area is 133 Å². The van der Waals surface area contributed by atoms with Crippen molar-refractivity contribution in [2.75, 3.05) is 18.4 Å². The van der Waals surface area contributed by atoms with E-state index >= 15 is 0 Å². The average Bonchev–Trinajstić information content (AvgIpc) is 3.26. The fourth-order valence-corrected chi connectivity index (χ4v) is 2.36. The molecule has 1 saturated heterocycles. The van der Waals surface area contributed by atoms with E-state index in [-0.39, 0.29) is 17.2 Å². The Morgan fingerprint density at radius 1 is 1.25 bits per heavy atom. The van der Waals surface area contributed by atoms with Gasteiger partial charge in [-0.25, -0.2) is 0 Å². The first-order chi connectivity index (χ1) is 11.3. The second-order valence-electron chi connectivity index (χ2n) is 5.26. The molecular formula is C13H13F3N6O2. The lowest BCUT2D eigenvalue weighted by Crippen LogP contribution is -2.27. The molecule has 0 aliphatic carbocycles. The van der Waals surface area contributed by atoms with Crippen LogP contribution in [-0.2, 0) is 6.18 Å². The number of rotatable bonds is 3. The predicted molar refractivity (Wildman–Crippen MR) is 75.3 cm³/mol. The van der Waals surface area contributed by atoms with Crippen molar-refractivity contribution in [2.24, 2.45) is 0 Å². The van der Waals surface area contributed by atoms with Gasteiger partial charge in [0.2, 0.25) is 11.8 Å². The Morgan fingerprint density at radius 3 is 2.58 bits per heavy atom. The standard InChI is InChI=1S/C13H13F3N6O2/c14-13(15,16)11-19-12(21-20-11)18-9(23)7-5-8(17-6-7)10(24)22-3-1-2-4-22/h5-6,17H,1-4H2,(H2,18,19,20,21,23). The summed E-state index contributed by atoms with van der Waals surface area (Å²) in [5, 5.41) is 7.11. The highest BCUT2D eigenvalue weighted by molar-refractivity contribution is 6.05. The lowest BCUT2D eigenvalue weighted by molar-refractivity contribution is -0.144. The topological polar surface area (TPSA) is 107 Å². The first kappa shape index (κ1) is 16.0. The Hall–Kier alpha value is -2.85. The van der Waals surface area contributed by atoms with Crippen molar-refractivity contribution in [2.45, 2.75) is 19.0 Å². The molecule has 0 radical (unpaired) electrons. The number of carbonyl (C=O) groups excluding carboxylic acids is 2. The molecule has 0 bridgehead atoms. The van der Waals surface area contributed by atoms with Crippen LogP contribution < -0.4 is 5.32 Å². The maximum Gasteiger partial charge on any atom is 0.451 e. The summed E-state index contributed by atoms with van der Waals surface area (Å²) >= 11 is 0. The molecule has 2 amide bonds. The summed E-state index contributed by atoms with van der Waals surface area (Å²) in [4.78, 5) is 31.7. The zero-order valence-electron chi connectivity index (χ0n) is 12.3. The van der Waals surface area contributed by atoms with E-state index in [0.29, 0.717) is 13.1 Å². The number of alkyl halides is 3. The predicted octanol–water partition coefficient (Wildman–Crippen LogP) is 1.64. The summed E-state index contributed by atoms with van der Waals surface area (Å²) in [6.07, 6.45) is -1.51. The number of carbonyl (C=O) groups is 2. The molecule has 24 heavy (non-hydrogen) atoms. The highest BCUT2D eigenvalue weighted by atomic mass is 19.4. The molecule has 0 unspecified atom stereocenters. The summed E-state index contributed by atoms with van der Waals surface area (Å²) in [5.74, 6) is -2.75. The average molecular weight is 342 g/mol. The van der Waals surface area contributed by atoms with Gasteiger partial charge < -0.3 is 9.88 Å². The van der Waals surface area contributed by atoms with Crippen molar-refractivity contribution in [3.63, 3.8) is 0 Å². The lowest BCUT2D eigenvalue weighted by Gasteiger charge is -2.13. The third kappa shape index (κ3) is 3.24. The van der Waals surface area contributed by atoms with Crippen LogP contribution in [0.15, 0.2) is 12.3 Å². The van der Waals surface area contributed by atoms with Gasteiger partial charge in [0.05, 0.1) is 5.56 Å². The summed E-state index contributed by atoms with van der Waals surface area (Å²) in [6.45, 7) is 1.33. The van der Waals surface area contributed by atoms with E-state index in [2.05, 4.69) is 20.4 Å². The van der Waals surface area contributed by atoms with Crippen LogP contribution in [0.1, 0.15) is 39.5 Å². The van der Waals surface area contributed by atoms with Gasteiger partial charge in [-0.05, 0) is 18.9 Å². The smallest absolute Gasteiger partial charge is 0.356 e. The maximum absolute atomic E-state index is 12.4. The molecule has 128 valence electrons. The molecule has 3 N–H and O–H groups in total. The molecule has 8 nitrogen and oxygen atoms in total. The Morgan fingerprint density at radius 2 is 1.96 bits per heavy atom. The van der Waals surface area contributed by atoms with Gasteiger partial charge in [-0.2, -0.15) is 18.2 Å². The van der Waals surface area contributed by atoms with Crippen LogP contribution in [-0.4, -0.2) is 50.0 Å². The number of hydrogen-bond acceptors (Lipinski definition) is 4. The fourth-order valence-electron chi connectivity index (χ4n) is 2.36. The van der Waals surface area contributed by atoms with Gasteiger partial charge in [0, 0.05) is 19.3 Å². The number of hydrogen-bond donors (Lipinski definition) is 3. The second-order valence-corrected chi connectivity index (χ2v) is 5.26. The zero-order valence-corrected chi connectivity index (χ0v) is 12.3. The molecule has 1 aliphatic heterocycles. The quantitative estimate of drug-likeness (QED) is 0.788. The number of halogens is 3. The minimum absolute atomic E-state index is 0.0934. The summed E-state index contributed by atoms with van der Waals surface area (Å²) in [7, 11) is 0. The molecule has 0 atom stereocenters. The molecule has 1 aliphatic rings. The van der Waals surface area contributed by atoms with E-state index in [4.69, 9.17) is 0 Å². The van der Waals surface area contributed by atoms with E-state index < -0.39 is 23.9 Å². The fraction of sp³-hybridized carbons (Fsp3) is 0.385. The van der Waals surface area contributed by atoms with E-state index in [0.717, 1.165) is 12.8 Å². The van der Waals surface area contributed by atoms with Gasteiger partial charge >= 0.3 is 6.18 Å². The minimum Gasteiger partial charge on any atom is -0.356 e. The SMILES string of the molecule is O=C(Nc1n[nH]c(C(F)(F)F)n1)c1c[nH]c(C(=O)N2CCCC2)c1. The number of aromatic nitrogens is 4. The number of anilines is 1. The van der Waals surface area contributed by atoms with Crippen molar-refractivity contribution >= 4 is 17.8 Å². The van der Waals surface area contributed by atoms with Crippen LogP contribution in [0, 0.1) is 0 Å². The van der Waals surface area contributed by atoms with Crippen LogP contribution in [0.5, 0.6) is 0 Å². The molecule has 0 spiro atoms. The molecule has 1 fully saturated rings. The van der Waals surface area contributed by atoms with Crippen LogP contribution in [0.3, 0.4) is 0 Å². The Kier molecular flexibility index (Phi) is 3.99.